The zero-order valence-electron chi connectivity index (χ0n) is 27.3. The van der Waals surface area contributed by atoms with Crippen LogP contribution in [0.3, 0.4) is 0 Å². The summed E-state index contributed by atoms with van der Waals surface area (Å²) in [5.74, 6) is 0. The minimum atomic E-state index is 0.903. The van der Waals surface area contributed by atoms with Gasteiger partial charge in [-0.05, 0) is 104 Å². The molecule has 1 heterocycles. The average molecular weight is 638 g/mol. The fourth-order valence-electron chi connectivity index (χ4n) is 7.52. The summed E-state index contributed by atoms with van der Waals surface area (Å²) < 4.78 is 6.51. The van der Waals surface area contributed by atoms with Crippen LogP contribution in [0.1, 0.15) is 0 Å². The zero-order valence-corrected chi connectivity index (χ0v) is 27.3. The summed E-state index contributed by atoms with van der Waals surface area (Å²) in [5, 5.41) is 9.60. The van der Waals surface area contributed by atoms with E-state index >= 15 is 0 Å². The third kappa shape index (κ3) is 4.73. The van der Waals surface area contributed by atoms with Crippen LogP contribution in [0.4, 0.5) is 17.1 Å². The number of rotatable bonds is 5. The molecule has 0 aliphatic carbocycles. The van der Waals surface area contributed by atoms with E-state index < -0.39 is 0 Å². The molecule has 0 amide bonds. The summed E-state index contributed by atoms with van der Waals surface area (Å²) in [7, 11) is 0. The fourth-order valence-corrected chi connectivity index (χ4v) is 7.52. The maximum absolute atomic E-state index is 6.51. The molecular formula is C48H31NO. The Kier molecular flexibility index (Phi) is 6.53. The summed E-state index contributed by atoms with van der Waals surface area (Å²) in [5.41, 5.74) is 9.81. The van der Waals surface area contributed by atoms with Gasteiger partial charge in [0.25, 0.3) is 0 Å². The Morgan fingerprint density at radius 1 is 0.300 bits per heavy atom. The van der Waals surface area contributed by atoms with Crippen LogP contribution in [-0.2, 0) is 0 Å². The van der Waals surface area contributed by atoms with E-state index in [4.69, 9.17) is 4.42 Å². The topological polar surface area (TPSA) is 16.4 Å². The van der Waals surface area contributed by atoms with Crippen molar-refractivity contribution in [3.63, 3.8) is 0 Å². The van der Waals surface area contributed by atoms with Gasteiger partial charge in [0.1, 0.15) is 11.2 Å². The summed E-state index contributed by atoms with van der Waals surface area (Å²) in [6.07, 6.45) is 0. The minimum Gasteiger partial charge on any atom is -0.455 e. The number of furan rings is 1. The van der Waals surface area contributed by atoms with E-state index in [-0.39, 0.29) is 0 Å². The second kappa shape index (κ2) is 11.5. The van der Waals surface area contributed by atoms with E-state index in [1.807, 2.05) is 0 Å². The lowest BCUT2D eigenvalue weighted by molar-refractivity contribution is 0.673. The molecule has 9 aromatic carbocycles. The van der Waals surface area contributed by atoms with Crippen molar-refractivity contribution in [3.05, 3.63) is 188 Å². The van der Waals surface area contributed by atoms with Gasteiger partial charge in [-0.15, -0.1) is 0 Å². The van der Waals surface area contributed by atoms with Gasteiger partial charge in [0, 0.05) is 33.2 Å². The number of benzene rings is 9. The number of anilines is 3. The summed E-state index contributed by atoms with van der Waals surface area (Å²) in [6.45, 7) is 0. The lowest BCUT2D eigenvalue weighted by atomic mass is 10.00. The normalized spacial score (nSPS) is 11.6. The lowest BCUT2D eigenvalue weighted by Gasteiger charge is -2.27. The lowest BCUT2D eigenvalue weighted by Crippen LogP contribution is -2.10. The third-order valence-electron chi connectivity index (χ3n) is 10.0. The number of fused-ring (bicyclic) bond motifs is 8. The Morgan fingerprint density at radius 3 is 1.70 bits per heavy atom. The Balaban J connectivity index is 1.09. The summed E-state index contributed by atoms with van der Waals surface area (Å²) >= 11 is 0. The van der Waals surface area contributed by atoms with Crippen molar-refractivity contribution >= 4 is 71.3 Å². The molecule has 0 bridgehead atoms. The van der Waals surface area contributed by atoms with Crippen molar-refractivity contribution in [1.82, 2.24) is 0 Å². The van der Waals surface area contributed by atoms with Crippen LogP contribution >= 0.6 is 0 Å². The van der Waals surface area contributed by atoms with Crippen molar-refractivity contribution in [2.75, 3.05) is 4.90 Å². The molecule has 0 fully saturated rings. The fraction of sp³-hybridized carbons (Fsp3) is 0. The summed E-state index contributed by atoms with van der Waals surface area (Å²) in [6, 6.07) is 67.5. The van der Waals surface area contributed by atoms with E-state index in [1.54, 1.807) is 0 Å². The largest absolute Gasteiger partial charge is 0.455 e. The van der Waals surface area contributed by atoms with Crippen molar-refractivity contribution in [1.29, 1.82) is 0 Å². The van der Waals surface area contributed by atoms with E-state index in [1.165, 1.54) is 38.1 Å². The first-order valence-electron chi connectivity index (χ1n) is 17.1. The molecule has 0 aliphatic rings. The number of nitrogens with zero attached hydrogens (tertiary/aromatic N) is 1. The van der Waals surface area contributed by atoms with Gasteiger partial charge in [-0.3, -0.25) is 0 Å². The second-order valence-corrected chi connectivity index (χ2v) is 13.0. The Bertz CT molecular complexity index is 2870. The number of hydrogen-bond acceptors (Lipinski definition) is 2. The van der Waals surface area contributed by atoms with Crippen LogP contribution in [0.5, 0.6) is 0 Å². The Labute approximate surface area is 290 Å². The minimum absolute atomic E-state index is 0.903. The second-order valence-electron chi connectivity index (χ2n) is 13.0. The Morgan fingerprint density at radius 2 is 0.860 bits per heavy atom. The van der Waals surface area contributed by atoms with E-state index in [9.17, 15) is 0 Å². The van der Waals surface area contributed by atoms with Gasteiger partial charge in [-0.1, -0.05) is 133 Å². The summed E-state index contributed by atoms with van der Waals surface area (Å²) in [4.78, 5) is 2.37. The molecule has 0 radical (unpaired) electrons. The SMILES string of the molecule is c1ccc(-c2cccc(N(c3ccc(-c4ccc5c(c4)oc4c6ccccc6ccc54)cc3)c3ccc4ccc5ccccc5c4c3)c2)cc1. The monoisotopic (exact) mass is 637 g/mol. The standard InChI is InChI=1S/C48H31NO/c1-2-9-32(10-3-1)37-13-8-14-40(29-37)49(41-26-21-36-18-17-34-11-4-6-15-42(34)46(36)31-41)39-24-19-33(20-25-39)38-23-27-44-45-28-22-35-12-5-7-16-43(35)48(45)50-47(44)30-38/h1-31H. The van der Waals surface area contributed by atoms with E-state index in [2.05, 4.69) is 193 Å². The molecular weight excluding hydrogens is 607 g/mol. The molecule has 0 N–H and O–H groups in total. The third-order valence-corrected chi connectivity index (χ3v) is 10.0. The first-order chi connectivity index (χ1) is 24.8. The molecule has 10 rings (SSSR count). The van der Waals surface area contributed by atoms with Gasteiger partial charge < -0.3 is 9.32 Å². The van der Waals surface area contributed by atoms with Crippen LogP contribution in [0.25, 0.3) is 76.5 Å². The van der Waals surface area contributed by atoms with Crippen LogP contribution in [0.2, 0.25) is 0 Å². The van der Waals surface area contributed by atoms with Gasteiger partial charge in [-0.25, -0.2) is 0 Å². The highest BCUT2D eigenvalue weighted by molar-refractivity contribution is 6.15. The zero-order chi connectivity index (χ0) is 33.0. The molecule has 2 heteroatoms. The molecule has 0 aliphatic heterocycles. The number of hydrogen-bond donors (Lipinski definition) is 0. The first-order valence-corrected chi connectivity index (χ1v) is 17.1. The van der Waals surface area contributed by atoms with E-state index in [0.717, 1.165) is 55.5 Å². The molecule has 0 unspecified atom stereocenters. The van der Waals surface area contributed by atoms with Crippen LogP contribution < -0.4 is 4.90 Å². The highest BCUT2D eigenvalue weighted by Gasteiger charge is 2.16. The van der Waals surface area contributed by atoms with Crippen LogP contribution in [0.15, 0.2) is 192 Å². The smallest absolute Gasteiger partial charge is 0.143 e. The Hall–Kier alpha value is -6.64. The van der Waals surface area contributed by atoms with Gasteiger partial charge in [0.05, 0.1) is 0 Å². The van der Waals surface area contributed by atoms with Crippen molar-refractivity contribution in [2.45, 2.75) is 0 Å². The maximum Gasteiger partial charge on any atom is 0.143 e. The highest BCUT2D eigenvalue weighted by Crippen LogP contribution is 2.41. The van der Waals surface area contributed by atoms with Crippen molar-refractivity contribution in [3.8, 4) is 22.3 Å². The first kappa shape index (κ1) is 28.4. The van der Waals surface area contributed by atoms with Crippen LogP contribution in [0, 0.1) is 0 Å². The molecule has 0 spiro atoms. The molecule has 10 aromatic rings. The van der Waals surface area contributed by atoms with Gasteiger partial charge in [-0.2, -0.15) is 0 Å². The molecule has 0 atom stereocenters. The van der Waals surface area contributed by atoms with Crippen molar-refractivity contribution in [2.24, 2.45) is 0 Å². The van der Waals surface area contributed by atoms with Crippen LogP contribution in [-0.4, -0.2) is 0 Å². The predicted molar refractivity (Wildman–Crippen MR) is 212 cm³/mol. The van der Waals surface area contributed by atoms with Crippen molar-refractivity contribution < 1.29 is 4.42 Å². The molecule has 234 valence electrons. The van der Waals surface area contributed by atoms with Gasteiger partial charge in [0.15, 0.2) is 0 Å². The maximum atomic E-state index is 6.51. The van der Waals surface area contributed by atoms with Gasteiger partial charge in [0.2, 0.25) is 0 Å². The predicted octanol–water partition coefficient (Wildman–Crippen LogP) is 13.8. The molecule has 0 saturated carbocycles. The highest BCUT2D eigenvalue weighted by atomic mass is 16.3. The van der Waals surface area contributed by atoms with E-state index in [0.29, 0.717) is 0 Å². The molecule has 2 nitrogen and oxygen atoms in total. The molecule has 1 aromatic heterocycles. The molecule has 50 heavy (non-hydrogen) atoms. The average Bonchev–Trinajstić information content (AvgIpc) is 3.57. The molecule has 0 saturated heterocycles. The van der Waals surface area contributed by atoms with Gasteiger partial charge >= 0.3 is 0 Å². The quantitative estimate of drug-likeness (QED) is 0.175.